The van der Waals surface area contributed by atoms with Gasteiger partial charge in [0.1, 0.15) is 0 Å². The van der Waals surface area contributed by atoms with Crippen LogP contribution in [0.3, 0.4) is 0 Å². The van der Waals surface area contributed by atoms with Crippen LogP contribution in [0.4, 0.5) is 13.2 Å². The number of carbonyl (C=O) groups excluding carboxylic acids is 2. The fraction of sp³-hybridized carbons (Fsp3) is 0.760. The molecule has 0 radical (unpaired) electrons. The molecule has 4 aliphatic carbocycles. The molecule has 0 bridgehead atoms. The molecule has 0 aromatic heterocycles. The van der Waals surface area contributed by atoms with Crippen molar-refractivity contribution in [1.29, 1.82) is 0 Å². The number of ketones is 1. The highest BCUT2D eigenvalue weighted by atomic mass is 19.4. The lowest BCUT2D eigenvalue weighted by molar-refractivity contribution is -0.185. The molecule has 6 atom stereocenters. The van der Waals surface area contributed by atoms with E-state index in [1.807, 2.05) is 26.8 Å². The molecule has 0 spiro atoms. The molecule has 3 nitrogen and oxygen atoms in total. The van der Waals surface area contributed by atoms with Crippen LogP contribution in [0.15, 0.2) is 23.8 Å². The van der Waals surface area contributed by atoms with Crippen molar-refractivity contribution >= 4 is 11.7 Å². The van der Waals surface area contributed by atoms with E-state index in [0.29, 0.717) is 32.1 Å². The molecule has 6 heteroatoms. The Morgan fingerprint density at radius 2 is 1.84 bits per heavy atom. The Labute approximate surface area is 182 Å². The van der Waals surface area contributed by atoms with Gasteiger partial charge >= 0.3 is 6.18 Å². The second kappa shape index (κ2) is 7.21. The first kappa shape index (κ1) is 22.6. The van der Waals surface area contributed by atoms with Crippen LogP contribution in [0.2, 0.25) is 0 Å². The van der Waals surface area contributed by atoms with Crippen LogP contribution < -0.4 is 5.32 Å². The number of fused-ring (bicyclic) bond motifs is 5. The molecule has 4 aliphatic rings. The topological polar surface area (TPSA) is 46.2 Å². The van der Waals surface area contributed by atoms with Crippen molar-refractivity contribution in [2.24, 2.45) is 34.5 Å². The summed E-state index contributed by atoms with van der Waals surface area (Å²) in [6.45, 7) is 7.79. The number of amides is 1. The minimum Gasteiger partial charge on any atom is -0.351 e. The average Bonchev–Trinajstić information content (AvgIpc) is 2.98. The molecule has 2 fully saturated rings. The summed E-state index contributed by atoms with van der Waals surface area (Å²) in [5.41, 5.74) is -0.642. The minimum absolute atomic E-state index is 0.0267. The van der Waals surface area contributed by atoms with E-state index in [1.165, 1.54) is 0 Å². The van der Waals surface area contributed by atoms with Crippen LogP contribution in [0.25, 0.3) is 0 Å². The molecule has 2 saturated carbocycles. The van der Waals surface area contributed by atoms with Gasteiger partial charge < -0.3 is 5.32 Å². The van der Waals surface area contributed by atoms with Gasteiger partial charge in [-0.05, 0) is 93.1 Å². The van der Waals surface area contributed by atoms with Gasteiger partial charge in [0.2, 0.25) is 5.91 Å². The Bertz CT molecular complexity index is 837. The van der Waals surface area contributed by atoms with Gasteiger partial charge in [-0.1, -0.05) is 19.1 Å². The Kier molecular flexibility index (Phi) is 5.26. The SMILES string of the molecule is CC(C)(C)NC(=O)[C@H]1CC[C@H]2[C@@H]3C=CC4=CC(=O)CC[C@]4(C)[C@H]3CC[C@]12CC(F)(F)F. The van der Waals surface area contributed by atoms with Gasteiger partial charge in [0.25, 0.3) is 0 Å². The molecule has 0 unspecified atom stereocenters. The van der Waals surface area contributed by atoms with Crippen LogP contribution in [0.1, 0.15) is 72.6 Å². The molecule has 0 aromatic rings. The summed E-state index contributed by atoms with van der Waals surface area (Å²) >= 11 is 0. The zero-order valence-electron chi connectivity index (χ0n) is 18.9. The monoisotopic (exact) mass is 437 g/mol. The highest BCUT2D eigenvalue weighted by Gasteiger charge is 2.63. The number of hydrogen-bond acceptors (Lipinski definition) is 2. The van der Waals surface area contributed by atoms with Crippen molar-refractivity contribution in [1.82, 2.24) is 5.32 Å². The van der Waals surface area contributed by atoms with Crippen molar-refractivity contribution in [2.75, 3.05) is 0 Å². The molecule has 1 amide bonds. The lowest BCUT2D eigenvalue weighted by Gasteiger charge is -2.56. The number of hydrogen-bond donors (Lipinski definition) is 1. The largest absolute Gasteiger partial charge is 0.389 e. The van der Waals surface area contributed by atoms with Crippen molar-refractivity contribution in [2.45, 2.75) is 84.4 Å². The molecule has 0 aromatic carbocycles. The summed E-state index contributed by atoms with van der Waals surface area (Å²) in [4.78, 5) is 25.1. The smallest absolute Gasteiger partial charge is 0.351 e. The number of carbonyl (C=O) groups is 2. The summed E-state index contributed by atoms with van der Waals surface area (Å²) in [6.07, 6.45) is 4.12. The molecule has 0 saturated heterocycles. The highest BCUT2D eigenvalue weighted by molar-refractivity contribution is 5.92. The minimum atomic E-state index is -4.31. The maximum absolute atomic E-state index is 13.9. The summed E-state index contributed by atoms with van der Waals surface area (Å²) in [5.74, 6) is -0.599. The Morgan fingerprint density at radius 3 is 2.48 bits per heavy atom. The zero-order chi connectivity index (χ0) is 22.8. The predicted molar refractivity (Wildman–Crippen MR) is 113 cm³/mol. The van der Waals surface area contributed by atoms with Crippen molar-refractivity contribution in [3.8, 4) is 0 Å². The summed E-state index contributed by atoms with van der Waals surface area (Å²) < 4.78 is 41.6. The highest BCUT2D eigenvalue weighted by Crippen LogP contribution is 2.67. The van der Waals surface area contributed by atoms with Gasteiger partial charge in [0.15, 0.2) is 5.78 Å². The zero-order valence-corrected chi connectivity index (χ0v) is 18.9. The third-order valence-corrected chi connectivity index (χ3v) is 8.58. The van der Waals surface area contributed by atoms with Crippen LogP contribution in [-0.2, 0) is 9.59 Å². The fourth-order valence-electron chi connectivity index (χ4n) is 7.38. The molecule has 0 heterocycles. The van der Waals surface area contributed by atoms with Crippen LogP contribution in [-0.4, -0.2) is 23.4 Å². The first-order valence-corrected chi connectivity index (χ1v) is 11.6. The van der Waals surface area contributed by atoms with Crippen molar-refractivity contribution in [3.63, 3.8) is 0 Å². The van der Waals surface area contributed by atoms with Gasteiger partial charge in [0.05, 0.1) is 6.42 Å². The molecule has 172 valence electrons. The second-order valence-corrected chi connectivity index (χ2v) is 11.6. The molecule has 0 aliphatic heterocycles. The number of allylic oxidation sites excluding steroid dienone is 4. The number of halogens is 3. The van der Waals surface area contributed by atoms with Crippen LogP contribution in [0.5, 0.6) is 0 Å². The molecule has 31 heavy (non-hydrogen) atoms. The summed E-state index contributed by atoms with van der Waals surface area (Å²) in [7, 11) is 0. The van der Waals surface area contributed by atoms with Gasteiger partial charge in [-0.25, -0.2) is 0 Å². The Hall–Kier alpha value is -1.59. The van der Waals surface area contributed by atoms with Crippen molar-refractivity contribution < 1.29 is 22.8 Å². The van der Waals surface area contributed by atoms with E-state index in [1.54, 1.807) is 6.08 Å². The van der Waals surface area contributed by atoms with E-state index in [-0.39, 0.29) is 34.9 Å². The normalized spacial score (nSPS) is 40.0. The number of alkyl halides is 3. The van der Waals surface area contributed by atoms with E-state index in [4.69, 9.17) is 0 Å². The first-order valence-electron chi connectivity index (χ1n) is 11.6. The predicted octanol–water partition coefficient (Wildman–Crippen LogP) is 5.76. The van der Waals surface area contributed by atoms with E-state index in [2.05, 4.69) is 18.3 Å². The van der Waals surface area contributed by atoms with Crippen LogP contribution in [0, 0.1) is 34.5 Å². The molecule has 4 rings (SSSR count). The fourth-order valence-corrected chi connectivity index (χ4v) is 7.38. The Morgan fingerprint density at radius 1 is 1.13 bits per heavy atom. The molecular formula is C25H34F3NO2. The summed E-state index contributed by atoms with van der Waals surface area (Å²) in [6, 6.07) is 0. The third kappa shape index (κ3) is 3.89. The lowest BCUT2D eigenvalue weighted by Crippen LogP contribution is -2.54. The maximum atomic E-state index is 13.9. The van der Waals surface area contributed by atoms with Gasteiger partial charge in [-0.15, -0.1) is 0 Å². The quantitative estimate of drug-likeness (QED) is 0.597. The average molecular weight is 438 g/mol. The third-order valence-electron chi connectivity index (χ3n) is 8.58. The maximum Gasteiger partial charge on any atom is 0.389 e. The van der Waals surface area contributed by atoms with Gasteiger partial charge in [-0.3, -0.25) is 9.59 Å². The van der Waals surface area contributed by atoms with Crippen LogP contribution >= 0.6 is 0 Å². The lowest BCUT2D eigenvalue weighted by atomic mass is 9.47. The van der Waals surface area contributed by atoms with Crippen molar-refractivity contribution in [3.05, 3.63) is 23.8 Å². The van der Waals surface area contributed by atoms with E-state index >= 15 is 0 Å². The van der Waals surface area contributed by atoms with Gasteiger partial charge in [-0.2, -0.15) is 13.2 Å². The van der Waals surface area contributed by atoms with Gasteiger partial charge in [0, 0.05) is 17.9 Å². The summed E-state index contributed by atoms with van der Waals surface area (Å²) in [5, 5.41) is 2.96. The standard InChI is InChI=1S/C25H34F3NO2/c1-22(2,3)29-21(31)20-8-7-19-17-6-5-15-13-16(30)9-11-23(15,4)18(17)10-12-24(19,20)14-25(26,27)28/h5-6,13,17-20H,7-12,14H2,1-4H3,(H,29,31)/t17-,18+,19+,20-,23+,24-/m1/s1. The van der Waals surface area contributed by atoms with E-state index in [9.17, 15) is 22.8 Å². The van der Waals surface area contributed by atoms with E-state index in [0.717, 1.165) is 12.0 Å². The first-order chi connectivity index (χ1) is 14.3. The molecule has 1 N–H and O–H groups in total. The number of rotatable bonds is 2. The van der Waals surface area contributed by atoms with E-state index < -0.39 is 29.5 Å². The Balaban J connectivity index is 1.72. The second-order valence-electron chi connectivity index (χ2n) is 11.6. The molecular weight excluding hydrogens is 403 g/mol. The number of nitrogens with one attached hydrogen (secondary N) is 1.